The van der Waals surface area contributed by atoms with E-state index < -0.39 is 23.8 Å². The highest BCUT2D eigenvalue weighted by atomic mass is 16.5. The monoisotopic (exact) mass is 333 g/mol. The van der Waals surface area contributed by atoms with Crippen molar-refractivity contribution in [2.75, 3.05) is 11.5 Å². The van der Waals surface area contributed by atoms with E-state index in [4.69, 9.17) is 4.74 Å². The van der Waals surface area contributed by atoms with Crippen molar-refractivity contribution in [2.24, 2.45) is 11.8 Å². The highest BCUT2D eigenvalue weighted by Crippen LogP contribution is 2.34. The molecule has 0 bridgehead atoms. The molecule has 6 heteroatoms. The highest BCUT2D eigenvalue weighted by Gasteiger charge is 2.40. The summed E-state index contributed by atoms with van der Waals surface area (Å²) in [5, 5.41) is 9.46. The Kier molecular flexibility index (Phi) is 5.59. The minimum absolute atomic E-state index is 0.275. The molecular weight excluding hydrogens is 310 g/mol. The lowest BCUT2D eigenvalue weighted by Gasteiger charge is -2.26. The maximum atomic E-state index is 12.8. The topological polar surface area (TPSA) is 83.9 Å². The number of amides is 1. The number of ether oxygens (including phenoxy) is 1. The van der Waals surface area contributed by atoms with E-state index in [-0.39, 0.29) is 11.9 Å². The van der Waals surface area contributed by atoms with Gasteiger partial charge in [0.05, 0.1) is 12.5 Å². The van der Waals surface area contributed by atoms with Gasteiger partial charge in [-0.15, -0.1) is 0 Å². The third-order valence-electron chi connectivity index (χ3n) is 4.32. The molecule has 1 N–H and O–H groups in total. The van der Waals surface area contributed by atoms with E-state index in [2.05, 4.69) is 0 Å². The number of carboxylic acid groups (broad SMARTS) is 1. The molecule has 0 fully saturated rings. The molecule has 3 atom stereocenters. The zero-order valence-electron chi connectivity index (χ0n) is 14.2. The fourth-order valence-electron chi connectivity index (χ4n) is 3.11. The standard InChI is InChI=1S/C18H23NO5/c1-4-24-18(23)12(3)9-11(2)16(20)19-14-8-6-5-7-13(14)10-15(19)17(21)22/h5-8,11-12,15H,4,9-10H2,1-3H3,(H,21,22)/t11-,12+,15-/m1/s1. The normalized spacial score (nSPS) is 18.6. The Hall–Kier alpha value is -2.37. The van der Waals surface area contributed by atoms with Gasteiger partial charge in [0.2, 0.25) is 5.91 Å². The summed E-state index contributed by atoms with van der Waals surface area (Å²) >= 11 is 0. The number of fused-ring (bicyclic) bond motifs is 1. The highest BCUT2D eigenvalue weighted by molar-refractivity contribution is 6.03. The number of rotatable bonds is 6. The van der Waals surface area contributed by atoms with Gasteiger partial charge in [0.1, 0.15) is 6.04 Å². The number of benzene rings is 1. The van der Waals surface area contributed by atoms with Crippen LogP contribution in [0.1, 0.15) is 32.8 Å². The van der Waals surface area contributed by atoms with Gasteiger partial charge < -0.3 is 9.84 Å². The Bertz CT molecular complexity index is 642. The second-order valence-electron chi connectivity index (χ2n) is 6.18. The summed E-state index contributed by atoms with van der Waals surface area (Å²) in [5.74, 6) is -2.52. The van der Waals surface area contributed by atoms with Crippen molar-refractivity contribution in [1.82, 2.24) is 0 Å². The van der Waals surface area contributed by atoms with Crippen LogP contribution in [0.3, 0.4) is 0 Å². The summed E-state index contributed by atoms with van der Waals surface area (Å²) in [6.07, 6.45) is 0.625. The van der Waals surface area contributed by atoms with Crippen LogP contribution in [-0.4, -0.2) is 35.6 Å². The van der Waals surface area contributed by atoms with Gasteiger partial charge in [0, 0.05) is 18.0 Å². The van der Waals surface area contributed by atoms with Crippen molar-refractivity contribution < 1.29 is 24.2 Å². The molecule has 1 aliphatic heterocycles. The van der Waals surface area contributed by atoms with E-state index in [0.29, 0.717) is 25.1 Å². The van der Waals surface area contributed by atoms with Crippen molar-refractivity contribution >= 4 is 23.5 Å². The molecule has 1 heterocycles. The average molecular weight is 333 g/mol. The molecule has 0 aliphatic carbocycles. The van der Waals surface area contributed by atoms with E-state index in [1.54, 1.807) is 32.9 Å². The summed E-state index contributed by atoms with van der Waals surface area (Å²) in [6, 6.07) is 6.32. The van der Waals surface area contributed by atoms with Crippen LogP contribution in [0.2, 0.25) is 0 Å². The number of carbonyl (C=O) groups is 3. The molecular formula is C18H23NO5. The minimum Gasteiger partial charge on any atom is -0.480 e. The maximum Gasteiger partial charge on any atom is 0.327 e. The summed E-state index contributed by atoms with van der Waals surface area (Å²) in [7, 11) is 0. The van der Waals surface area contributed by atoms with E-state index in [1.807, 2.05) is 12.1 Å². The van der Waals surface area contributed by atoms with Gasteiger partial charge in [0.15, 0.2) is 0 Å². The smallest absolute Gasteiger partial charge is 0.327 e. The van der Waals surface area contributed by atoms with Crippen molar-refractivity contribution in [3.05, 3.63) is 29.8 Å². The van der Waals surface area contributed by atoms with Crippen molar-refractivity contribution in [3.8, 4) is 0 Å². The second kappa shape index (κ2) is 7.47. The quantitative estimate of drug-likeness (QED) is 0.807. The van der Waals surface area contributed by atoms with Crippen LogP contribution in [0.15, 0.2) is 24.3 Å². The molecule has 1 aromatic carbocycles. The largest absolute Gasteiger partial charge is 0.480 e. The van der Waals surface area contributed by atoms with Crippen LogP contribution in [0, 0.1) is 11.8 Å². The van der Waals surface area contributed by atoms with Crippen LogP contribution < -0.4 is 4.90 Å². The van der Waals surface area contributed by atoms with Crippen molar-refractivity contribution in [3.63, 3.8) is 0 Å². The Balaban J connectivity index is 2.17. The summed E-state index contributed by atoms with van der Waals surface area (Å²) in [4.78, 5) is 37.5. The molecule has 2 rings (SSSR count). The molecule has 0 aromatic heterocycles. The molecule has 1 amide bonds. The van der Waals surface area contributed by atoms with E-state index in [9.17, 15) is 19.5 Å². The number of carbonyl (C=O) groups excluding carboxylic acids is 2. The maximum absolute atomic E-state index is 12.8. The Morgan fingerprint density at radius 3 is 2.54 bits per heavy atom. The number of carboxylic acids is 1. The number of hydrogen-bond acceptors (Lipinski definition) is 4. The molecule has 1 aromatic rings. The summed E-state index contributed by atoms with van der Waals surface area (Å²) in [6.45, 7) is 5.47. The third kappa shape index (κ3) is 3.58. The minimum atomic E-state index is -1.02. The molecule has 1 aliphatic rings. The molecule has 0 unspecified atom stereocenters. The van der Waals surface area contributed by atoms with E-state index in [0.717, 1.165) is 5.56 Å². The third-order valence-corrected chi connectivity index (χ3v) is 4.32. The fourth-order valence-corrected chi connectivity index (χ4v) is 3.11. The molecule has 0 spiro atoms. The van der Waals surface area contributed by atoms with Gasteiger partial charge in [-0.2, -0.15) is 0 Å². The SMILES string of the molecule is CCOC(=O)[C@@H](C)C[C@@H](C)C(=O)N1c2ccccc2C[C@@H]1C(=O)O. The van der Waals surface area contributed by atoms with Gasteiger partial charge in [-0.25, -0.2) is 4.79 Å². The van der Waals surface area contributed by atoms with E-state index >= 15 is 0 Å². The molecule has 0 saturated heterocycles. The molecule has 6 nitrogen and oxygen atoms in total. The Morgan fingerprint density at radius 2 is 1.92 bits per heavy atom. The first-order valence-corrected chi connectivity index (χ1v) is 8.17. The number of aliphatic carboxylic acids is 1. The summed E-state index contributed by atoms with van der Waals surface area (Å²) in [5.41, 5.74) is 1.49. The second-order valence-corrected chi connectivity index (χ2v) is 6.18. The van der Waals surface area contributed by atoms with Crippen LogP contribution in [0.25, 0.3) is 0 Å². The van der Waals surface area contributed by atoms with Gasteiger partial charge in [0.25, 0.3) is 0 Å². The van der Waals surface area contributed by atoms with Gasteiger partial charge >= 0.3 is 11.9 Å². The van der Waals surface area contributed by atoms with Crippen LogP contribution >= 0.6 is 0 Å². The lowest BCUT2D eigenvalue weighted by molar-refractivity contribution is -0.148. The fraction of sp³-hybridized carbons (Fsp3) is 0.500. The van der Waals surface area contributed by atoms with Gasteiger partial charge in [-0.1, -0.05) is 32.0 Å². The molecule has 130 valence electrons. The first kappa shape index (κ1) is 18.0. The lowest BCUT2D eigenvalue weighted by Crippen LogP contribution is -2.45. The first-order valence-electron chi connectivity index (χ1n) is 8.17. The molecule has 0 radical (unpaired) electrons. The zero-order valence-corrected chi connectivity index (χ0v) is 14.2. The number of hydrogen-bond donors (Lipinski definition) is 1. The van der Waals surface area contributed by atoms with Crippen LogP contribution in [0.4, 0.5) is 5.69 Å². The summed E-state index contributed by atoms with van der Waals surface area (Å²) < 4.78 is 4.97. The number of nitrogens with zero attached hydrogens (tertiary/aromatic N) is 1. The van der Waals surface area contributed by atoms with Crippen molar-refractivity contribution in [2.45, 2.75) is 39.7 Å². The van der Waals surface area contributed by atoms with Crippen LogP contribution in [-0.2, 0) is 25.5 Å². The average Bonchev–Trinajstić information content (AvgIpc) is 2.93. The molecule has 0 saturated carbocycles. The lowest BCUT2D eigenvalue weighted by atomic mass is 9.95. The number of para-hydroxylation sites is 1. The van der Waals surface area contributed by atoms with Crippen LogP contribution in [0.5, 0.6) is 0 Å². The predicted octanol–water partition coefficient (Wildman–Crippen LogP) is 2.25. The van der Waals surface area contributed by atoms with Gasteiger partial charge in [-0.3, -0.25) is 14.5 Å². The predicted molar refractivity (Wildman–Crippen MR) is 88.6 cm³/mol. The zero-order chi connectivity index (χ0) is 17.9. The Morgan fingerprint density at radius 1 is 1.25 bits per heavy atom. The van der Waals surface area contributed by atoms with Crippen molar-refractivity contribution in [1.29, 1.82) is 0 Å². The first-order chi connectivity index (χ1) is 11.4. The molecule has 24 heavy (non-hydrogen) atoms. The van der Waals surface area contributed by atoms with E-state index in [1.165, 1.54) is 4.90 Å². The Labute approximate surface area is 141 Å². The number of anilines is 1. The number of esters is 1. The van der Waals surface area contributed by atoms with Gasteiger partial charge in [-0.05, 0) is 25.0 Å².